The van der Waals surface area contributed by atoms with E-state index in [-0.39, 0.29) is 17.6 Å². The van der Waals surface area contributed by atoms with E-state index >= 15 is 0 Å². The molecule has 2 unspecified atom stereocenters. The minimum atomic E-state index is -5.08. The van der Waals surface area contributed by atoms with Gasteiger partial charge in [-0.3, -0.25) is 4.79 Å². The normalized spacial score (nSPS) is 23.7. The van der Waals surface area contributed by atoms with Crippen molar-refractivity contribution in [1.29, 1.82) is 0 Å². The predicted molar refractivity (Wildman–Crippen MR) is 110 cm³/mol. The first-order valence-corrected chi connectivity index (χ1v) is 10.7. The number of hydrogen-bond acceptors (Lipinski definition) is 5. The third-order valence-electron chi connectivity index (χ3n) is 5.74. The quantitative estimate of drug-likeness (QED) is 0.722. The van der Waals surface area contributed by atoms with Crippen LogP contribution in [0.1, 0.15) is 37.2 Å². The molecule has 182 valence electrons. The molecule has 8 nitrogen and oxygen atoms in total. The largest absolute Gasteiger partial charge is 0.490 e. The Kier molecular flexibility index (Phi) is 9.11. The summed E-state index contributed by atoms with van der Waals surface area (Å²) >= 11 is 0. The van der Waals surface area contributed by atoms with Crippen molar-refractivity contribution in [1.82, 2.24) is 14.4 Å². The van der Waals surface area contributed by atoms with Gasteiger partial charge in [0.15, 0.2) is 0 Å². The summed E-state index contributed by atoms with van der Waals surface area (Å²) in [6.07, 6.45) is -0.959. The highest BCUT2D eigenvalue weighted by Crippen LogP contribution is 2.33. The average molecular weight is 463 g/mol. The van der Waals surface area contributed by atoms with Crippen LogP contribution in [-0.4, -0.2) is 95.2 Å². The number of hydrogen-bond donors (Lipinski definition) is 1. The fourth-order valence-electron chi connectivity index (χ4n) is 3.94. The van der Waals surface area contributed by atoms with Crippen molar-refractivity contribution in [3.05, 3.63) is 24.0 Å². The van der Waals surface area contributed by atoms with Crippen molar-refractivity contribution >= 4 is 11.9 Å². The molecule has 1 amide bonds. The molecule has 1 aromatic rings. The lowest BCUT2D eigenvalue weighted by Crippen LogP contribution is -2.47. The van der Waals surface area contributed by atoms with E-state index in [1.807, 2.05) is 34.8 Å². The van der Waals surface area contributed by atoms with Crippen LogP contribution in [0.3, 0.4) is 0 Å². The molecule has 1 N–H and O–H groups in total. The number of amides is 1. The Hall–Kier alpha value is -2.11. The number of halogens is 3. The third-order valence-corrected chi connectivity index (χ3v) is 5.74. The number of carbonyl (C=O) groups excluding carboxylic acids is 1. The van der Waals surface area contributed by atoms with Crippen molar-refractivity contribution in [2.24, 2.45) is 7.05 Å². The highest BCUT2D eigenvalue weighted by molar-refractivity contribution is 5.92. The Morgan fingerprint density at radius 1 is 1.31 bits per heavy atom. The van der Waals surface area contributed by atoms with Gasteiger partial charge in [0.25, 0.3) is 5.91 Å². The maximum atomic E-state index is 12.9. The maximum absolute atomic E-state index is 12.9. The van der Waals surface area contributed by atoms with E-state index in [1.54, 1.807) is 0 Å². The molecule has 1 spiro atoms. The second kappa shape index (κ2) is 11.2. The molecule has 2 saturated heterocycles. The second-order valence-electron chi connectivity index (χ2n) is 8.03. The summed E-state index contributed by atoms with van der Waals surface area (Å²) in [4.78, 5) is 26.1. The van der Waals surface area contributed by atoms with Crippen LogP contribution in [0.2, 0.25) is 0 Å². The van der Waals surface area contributed by atoms with Crippen LogP contribution in [-0.2, 0) is 21.3 Å². The summed E-state index contributed by atoms with van der Waals surface area (Å²) in [5, 5.41) is 7.12. The Morgan fingerprint density at radius 2 is 1.97 bits per heavy atom. The van der Waals surface area contributed by atoms with Gasteiger partial charge in [0.1, 0.15) is 11.3 Å². The van der Waals surface area contributed by atoms with E-state index in [0.29, 0.717) is 26.3 Å². The fourth-order valence-corrected chi connectivity index (χ4v) is 3.94. The lowest BCUT2D eigenvalue weighted by atomic mass is 10.00. The van der Waals surface area contributed by atoms with Gasteiger partial charge in [0.05, 0.1) is 25.9 Å². The highest BCUT2D eigenvalue weighted by atomic mass is 19.4. The first-order chi connectivity index (χ1) is 15.0. The fraction of sp³-hybridized carbons (Fsp3) is 0.714. The summed E-state index contributed by atoms with van der Waals surface area (Å²) in [6.45, 7) is 9.80. The maximum Gasteiger partial charge on any atom is 0.490 e. The third kappa shape index (κ3) is 6.94. The first-order valence-electron chi connectivity index (χ1n) is 10.7. The number of rotatable bonds is 5. The number of nitrogens with zero attached hydrogens (tertiary/aromatic N) is 3. The van der Waals surface area contributed by atoms with Crippen LogP contribution < -0.4 is 0 Å². The van der Waals surface area contributed by atoms with E-state index in [4.69, 9.17) is 19.4 Å². The zero-order chi connectivity index (χ0) is 23.9. The number of likely N-dealkylation sites (N-methyl/N-ethyl adjacent to an activating group) is 1. The van der Waals surface area contributed by atoms with Gasteiger partial charge in [-0.25, -0.2) is 4.79 Å². The van der Waals surface area contributed by atoms with Gasteiger partial charge >= 0.3 is 12.1 Å². The monoisotopic (exact) mass is 463 g/mol. The van der Waals surface area contributed by atoms with Gasteiger partial charge in [0, 0.05) is 26.3 Å². The number of carboxylic acid groups (broad SMARTS) is 1. The number of ether oxygens (including phenoxy) is 2. The Bertz CT molecular complexity index is 766. The van der Waals surface area contributed by atoms with Crippen molar-refractivity contribution in [2.45, 2.75) is 44.6 Å². The SMILES string of the molecule is CCN(CC)CC1CCC2(COCCN(C(=O)c3cccn3C)C2)O1.O=C(O)C(F)(F)F. The molecule has 3 heterocycles. The van der Waals surface area contributed by atoms with Crippen LogP contribution in [0.4, 0.5) is 13.2 Å². The predicted octanol–water partition coefficient (Wildman–Crippen LogP) is 2.39. The van der Waals surface area contributed by atoms with Crippen molar-refractivity contribution in [3.8, 4) is 0 Å². The summed E-state index contributed by atoms with van der Waals surface area (Å²) in [5.74, 6) is -2.69. The molecule has 3 rings (SSSR count). The number of alkyl halides is 3. The van der Waals surface area contributed by atoms with Gasteiger partial charge < -0.3 is 28.9 Å². The molecular weight excluding hydrogens is 431 g/mol. The van der Waals surface area contributed by atoms with E-state index in [0.717, 1.165) is 38.2 Å². The van der Waals surface area contributed by atoms with E-state index in [2.05, 4.69) is 18.7 Å². The molecule has 1 aromatic heterocycles. The van der Waals surface area contributed by atoms with Gasteiger partial charge in [-0.1, -0.05) is 13.8 Å². The lowest BCUT2D eigenvalue weighted by Gasteiger charge is -2.32. The lowest BCUT2D eigenvalue weighted by molar-refractivity contribution is -0.192. The standard InChI is InChI=1S/C19H31N3O3.C2HF3O2/c1-4-21(5-2)13-16-8-9-19(25-16)14-22(11-12-24-15-19)18(23)17-7-6-10-20(17)3;3-2(4,5)1(6)7/h6-7,10,16H,4-5,8-9,11-15H2,1-3H3;(H,6,7). The van der Waals surface area contributed by atoms with Crippen LogP contribution in [0.15, 0.2) is 18.3 Å². The summed E-state index contributed by atoms with van der Waals surface area (Å²) in [7, 11) is 1.91. The molecule has 11 heteroatoms. The van der Waals surface area contributed by atoms with Crippen molar-refractivity contribution < 1.29 is 37.3 Å². The molecule has 0 aliphatic carbocycles. The Balaban J connectivity index is 0.000000451. The number of aryl methyl sites for hydroxylation is 1. The second-order valence-corrected chi connectivity index (χ2v) is 8.03. The van der Waals surface area contributed by atoms with Crippen LogP contribution >= 0.6 is 0 Å². The molecule has 32 heavy (non-hydrogen) atoms. The zero-order valence-corrected chi connectivity index (χ0v) is 18.7. The Labute approximate surface area is 185 Å². The van der Waals surface area contributed by atoms with E-state index < -0.39 is 12.1 Å². The van der Waals surface area contributed by atoms with Crippen molar-refractivity contribution in [3.63, 3.8) is 0 Å². The Morgan fingerprint density at radius 3 is 2.50 bits per heavy atom. The number of aromatic nitrogens is 1. The molecule has 0 aromatic carbocycles. The molecule has 2 atom stereocenters. The zero-order valence-electron chi connectivity index (χ0n) is 18.7. The topological polar surface area (TPSA) is 84.2 Å². The van der Waals surface area contributed by atoms with Crippen LogP contribution in [0.25, 0.3) is 0 Å². The minimum absolute atomic E-state index is 0.0631. The molecule has 2 aliphatic heterocycles. The minimum Gasteiger partial charge on any atom is -0.475 e. The highest BCUT2D eigenvalue weighted by Gasteiger charge is 2.44. The van der Waals surface area contributed by atoms with Crippen molar-refractivity contribution in [2.75, 3.05) is 45.9 Å². The summed E-state index contributed by atoms with van der Waals surface area (Å²) in [6, 6.07) is 3.78. The van der Waals surface area contributed by atoms with E-state index in [1.165, 1.54) is 0 Å². The molecule has 0 bridgehead atoms. The summed E-state index contributed by atoms with van der Waals surface area (Å²) in [5.41, 5.74) is 0.365. The smallest absolute Gasteiger partial charge is 0.475 e. The summed E-state index contributed by atoms with van der Waals surface area (Å²) < 4.78 is 45.9. The van der Waals surface area contributed by atoms with Crippen LogP contribution in [0, 0.1) is 0 Å². The molecule has 2 aliphatic rings. The van der Waals surface area contributed by atoms with Gasteiger partial charge in [-0.05, 0) is 38.1 Å². The average Bonchev–Trinajstić information content (AvgIpc) is 3.27. The van der Waals surface area contributed by atoms with Gasteiger partial charge in [0.2, 0.25) is 0 Å². The first kappa shape index (κ1) is 26.1. The van der Waals surface area contributed by atoms with Gasteiger partial charge in [-0.2, -0.15) is 13.2 Å². The molecule has 2 fully saturated rings. The number of aliphatic carboxylic acids is 1. The molecular formula is C21H32F3N3O5. The van der Waals surface area contributed by atoms with Crippen LogP contribution in [0.5, 0.6) is 0 Å². The van der Waals surface area contributed by atoms with Gasteiger partial charge in [-0.15, -0.1) is 0 Å². The molecule has 0 saturated carbocycles. The number of carbonyl (C=O) groups is 2. The molecule has 0 radical (unpaired) electrons. The number of carboxylic acids is 1. The van der Waals surface area contributed by atoms with E-state index in [9.17, 15) is 18.0 Å².